The van der Waals surface area contributed by atoms with Crippen molar-refractivity contribution in [2.24, 2.45) is 0 Å². The van der Waals surface area contributed by atoms with Crippen LogP contribution in [0.15, 0.2) is 82.1 Å². The topological polar surface area (TPSA) is 109 Å². The number of benzene rings is 3. The molecule has 1 saturated heterocycles. The van der Waals surface area contributed by atoms with Crippen molar-refractivity contribution in [1.82, 2.24) is 4.31 Å². The van der Waals surface area contributed by atoms with E-state index in [1.54, 1.807) is 36.4 Å². The van der Waals surface area contributed by atoms with E-state index in [0.717, 1.165) is 18.4 Å². The molecule has 0 spiro atoms. The number of ketones is 1. The van der Waals surface area contributed by atoms with E-state index in [9.17, 15) is 18.0 Å². The summed E-state index contributed by atoms with van der Waals surface area (Å²) in [5.74, 6) is -0.704. The van der Waals surface area contributed by atoms with Crippen LogP contribution in [-0.4, -0.2) is 44.0 Å². The van der Waals surface area contributed by atoms with Gasteiger partial charge in [0.15, 0.2) is 5.78 Å². The third kappa shape index (κ3) is 5.14. The summed E-state index contributed by atoms with van der Waals surface area (Å²) in [6.45, 7) is 2.76. The van der Waals surface area contributed by atoms with Gasteiger partial charge in [0.05, 0.1) is 17.1 Å². The molecule has 0 unspecified atom stereocenters. The Balaban J connectivity index is 1.38. The lowest BCUT2D eigenvalue weighted by atomic mass is 10.1. The van der Waals surface area contributed by atoms with E-state index >= 15 is 0 Å². The summed E-state index contributed by atoms with van der Waals surface area (Å²) in [7, 11) is -3.64. The molecule has 0 bridgehead atoms. The van der Waals surface area contributed by atoms with Gasteiger partial charge in [-0.05, 0) is 61.7 Å². The molecule has 3 aromatic carbocycles. The molecule has 0 atom stereocenters. The van der Waals surface area contributed by atoms with Crippen LogP contribution >= 0.6 is 0 Å². The fourth-order valence-electron chi connectivity index (χ4n) is 4.47. The molecule has 190 valence electrons. The predicted molar refractivity (Wildman–Crippen MR) is 143 cm³/mol. The average molecular weight is 518 g/mol. The lowest BCUT2D eigenvalue weighted by molar-refractivity contribution is 0.0990. The summed E-state index contributed by atoms with van der Waals surface area (Å²) in [4.78, 5) is 26.3. The average Bonchev–Trinajstić information content (AvgIpc) is 3.56. The summed E-state index contributed by atoms with van der Waals surface area (Å²) in [6, 6.07) is 20.7. The van der Waals surface area contributed by atoms with E-state index in [-0.39, 0.29) is 28.5 Å². The van der Waals surface area contributed by atoms with Crippen molar-refractivity contribution < 1.29 is 22.4 Å². The molecule has 2 heterocycles. The van der Waals surface area contributed by atoms with Crippen LogP contribution in [0.3, 0.4) is 0 Å². The van der Waals surface area contributed by atoms with Crippen molar-refractivity contribution in [2.45, 2.75) is 24.7 Å². The van der Waals surface area contributed by atoms with Gasteiger partial charge < -0.3 is 15.1 Å². The second-order valence-electron chi connectivity index (χ2n) is 9.04. The van der Waals surface area contributed by atoms with Crippen LogP contribution in [0.5, 0.6) is 0 Å². The fraction of sp³-hybridized carbons (Fsp3) is 0.214. The van der Waals surface area contributed by atoms with Crippen LogP contribution in [0.1, 0.15) is 39.3 Å². The lowest BCUT2D eigenvalue weighted by Crippen LogP contribution is -2.28. The number of nitrogens with zero attached hydrogens (tertiary/aromatic N) is 1. The molecule has 8 nitrogen and oxygen atoms in total. The number of hydrogen-bond donors (Lipinski definition) is 2. The Morgan fingerprint density at radius 3 is 2.49 bits per heavy atom. The molecule has 9 heteroatoms. The van der Waals surface area contributed by atoms with Crippen molar-refractivity contribution in [1.29, 1.82) is 0 Å². The highest BCUT2D eigenvalue weighted by Gasteiger charge is 2.28. The molecule has 37 heavy (non-hydrogen) atoms. The standard InChI is InChI=1S/C28H27N3O5S/c1-19-8-6-10-21(16-19)30-28(33)27-26(23-12-2-3-13-25(23)36-27)29-18-24(32)20-9-7-11-22(17-20)37(34,35)31-14-4-5-15-31/h2-3,6-13,16-17,29H,4-5,14-15,18H2,1H3,(H,30,33). The Hall–Kier alpha value is -3.95. The number of nitrogens with one attached hydrogen (secondary N) is 2. The van der Waals surface area contributed by atoms with Gasteiger partial charge in [0.1, 0.15) is 5.58 Å². The van der Waals surface area contributed by atoms with Crippen molar-refractivity contribution in [3.63, 3.8) is 0 Å². The molecule has 4 aromatic rings. The number of anilines is 2. The van der Waals surface area contributed by atoms with Crippen LogP contribution < -0.4 is 10.6 Å². The largest absolute Gasteiger partial charge is 0.449 e. The first-order valence-electron chi connectivity index (χ1n) is 12.1. The molecule has 1 aromatic heterocycles. The first kappa shape index (κ1) is 24.7. The van der Waals surface area contributed by atoms with Crippen LogP contribution in [0, 0.1) is 6.92 Å². The summed E-state index contributed by atoms with van der Waals surface area (Å²) >= 11 is 0. The molecule has 1 aliphatic rings. The molecule has 1 fully saturated rings. The van der Waals surface area contributed by atoms with Crippen LogP contribution in [-0.2, 0) is 10.0 Å². The number of para-hydroxylation sites is 1. The summed E-state index contributed by atoms with van der Waals surface area (Å²) in [5, 5.41) is 6.57. The highest BCUT2D eigenvalue weighted by atomic mass is 32.2. The molecule has 2 N–H and O–H groups in total. The molecule has 0 saturated carbocycles. The first-order chi connectivity index (χ1) is 17.8. The number of fused-ring (bicyclic) bond motifs is 1. The number of sulfonamides is 1. The molecular weight excluding hydrogens is 490 g/mol. The lowest BCUT2D eigenvalue weighted by Gasteiger charge is -2.16. The molecular formula is C28H27N3O5S. The predicted octanol–water partition coefficient (Wildman–Crippen LogP) is 5.07. The van der Waals surface area contributed by atoms with Crippen LogP contribution in [0.4, 0.5) is 11.4 Å². The van der Waals surface area contributed by atoms with E-state index in [0.29, 0.717) is 35.4 Å². The maximum atomic E-state index is 13.1. The minimum absolute atomic E-state index is 0.0564. The van der Waals surface area contributed by atoms with Gasteiger partial charge in [0.2, 0.25) is 15.8 Å². The van der Waals surface area contributed by atoms with Crippen molar-refractivity contribution in [3.05, 3.63) is 89.7 Å². The SMILES string of the molecule is Cc1cccc(NC(=O)c2oc3ccccc3c2NCC(=O)c2cccc(S(=O)(=O)N3CCCC3)c2)c1. The van der Waals surface area contributed by atoms with Crippen LogP contribution in [0.2, 0.25) is 0 Å². The van der Waals surface area contributed by atoms with E-state index in [1.807, 2.05) is 31.2 Å². The number of aryl methyl sites for hydroxylation is 1. The number of hydrogen-bond acceptors (Lipinski definition) is 6. The maximum absolute atomic E-state index is 13.1. The number of amides is 1. The van der Waals surface area contributed by atoms with E-state index in [2.05, 4.69) is 10.6 Å². The number of carbonyl (C=O) groups is 2. The van der Waals surface area contributed by atoms with Gasteiger partial charge in [-0.1, -0.05) is 36.4 Å². The Kier molecular flexibility index (Phi) is 6.82. The Bertz CT molecular complexity index is 1590. The zero-order valence-electron chi connectivity index (χ0n) is 20.4. The number of rotatable bonds is 8. The Morgan fingerprint density at radius 2 is 1.70 bits per heavy atom. The number of carbonyl (C=O) groups excluding carboxylic acids is 2. The van der Waals surface area contributed by atoms with E-state index in [4.69, 9.17) is 4.42 Å². The third-order valence-corrected chi connectivity index (χ3v) is 8.26. The summed E-state index contributed by atoms with van der Waals surface area (Å²) in [5.41, 5.74) is 2.80. The molecule has 1 amide bonds. The first-order valence-corrected chi connectivity index (χ1v) is 13.5. The van der Waals surface area contributed by atoms with Crippen molar-refractivity contribution in [2.75, 3.05) is 30.3 Å². The maximum Gasteiger partial charge on any atom is 0.293 e. The summed E-state index contributed by atoms with van der Waals surface area (Å²) in [6.07, 6.45) is 1.67. The molecule has 0 radical (unpaired) electrons. The highest BCUT2D eigenvalue weighted by molar-refractivity contribution is 7.89. The van der Waals surface area contributed by atoms with Crippen LogP contribution in [0.25, 0.3) is 11.0 Å². The van der Waals surface area contributed by atoms with Gasteiger partial charge in [-0.3, -0.25) is 9.59 Å². The van der Waals surface area contributed by atoms with Crippen molar-refractivity contribution >= 4 is 44.1 Å². The summed E-state index contributed by atoms with van der Waals surface area (Å²) < 4.78 is 33.2. The number of Topliss-reactive ketones (excluding diaryl/α,β-unsaturated/α-hetero) is 1. The molecule has 0 aliphatic carbocycles. The van der Waals surface area contributed by atoms with E-state index < -0.39 is 15.9 Å². The second kappa shape index (κ2) is 10.2. The normalized spacial score (nSPS) is 14.1. The fourth-order valence-corrected chi connectivity index (χ4v) is 6.03. The Morgan fingerprint density at radius 1 is 0.946 bits per heavy atom. The quantitative estimate of drug-likeness (QED) is 0.316. The zero-order chi connectivity index (χ0) is 26.0. The molecule has 1 aliphatic heterocycles. The van der Waals surface area contributed by atoms with Gasteiger partial charge >= 0.3 is 0 Å². The zero-order valence-corrected chi connectivity index (χ0v) is 21.2. The van der Waals surface area contributed by atoms with Gasteiger partial charge in [0.25, 0.3) is 5.91 Å². The second-order valence-corrected chi connectivity index (χ2v) is 11.0. The smallest absolute Gasteiger partial charge is 0.293 e. The van der Waals surface area contributed by atoms with Gasteiger partial charge in [-0.25, -0.2) is 8.42 Å². The monoisotopic (exact) mass is 517 g/mol. The minimum atomic E-state index is -3.64. The van der Waals surface area contributed by atoms with Gasteiger partial charge in [-0.15, -0.1) is 0 Å². The van der Waals surface area contributed by atoms with Crippen molar-refractivity contribution in [3.8, 4) is 0 Å². The highest BCUT2D eigenvalue weighted by Crippen LogP contribution is 2.31. The van der Waals surface area contributed by atoms with Gasteiger partial charge in [-0.2, -0.15) is 4.31 Å². The number of furan rings is 1. The van der Waals surface area contributed by atoms with Gasteiger partial charge in [0, 0.05) is 29.7 Å². The minimum Gasteiger partial charge on any atom is -0.449 e. The molecule has 5 rings (SSSR count). The third-order valence-electron chi connectivity index (χ3n) is 6.36. The van der Waals surface area contributed by atoms with E-state index in [1.165, 1.54) is 16.4 Å². The Labute approximate surface area is 215 Å².